The van der Waals surface area contributed by atoms with Gasteiger partial charge < -0.3 is 9.73 Å². The summed E-state index contributed by atoms with van der Waals surface area (Å²) >= 11 is 1.69. The number of thiophene rings is 1. The Kier molecular flexibility index (Phi) is 3.31. The SMILES string of the molecule is CCC(NC)c1nnc(-c2csc3ccccc23)o1. The first-order valence-corrected chi connectivity index (χ1v) is 7.18. The summed E-state index contributed by atoms with van der Waals surface area (Å²) in [5.41, 5.74) is 1.02. The minimum absolute atomic E-state index is 0.117. The predicted molar refractivity (Wildman–Crippen MR) is 77.2 cm³/mol. The van der Waals surface area contributed by atoms with Crippen LogP contribution in [0.2, 0.25) is 0 Å². The van der Waals surface area contributed by atoms with Crippen LogP contribution < -0.4 is 5.32 Å². The van der Waals surface area contributed by atoms with E-state index in [1.54, 1.807) is 11.3 Å². The molecule has 1 N–H and O–H groups in total. The summed E-state index contributed by atoms with van der Waals surface area (Å²) in [5, 5.41) is 14.7. The summed E-state index contributed by atoms with van der Waals surface area (Å²) in [5.74, 6) is 1.25. The van der Waals surface area contributed by atoms with Gasteiger partial charge in [-0.15, -0.1) is 21.5 Å². The molecule has 1 unspecified atom stereocenters. The van der Waals surface area contributed by atoms with Crippen LogP contribution in [0.4, 0.5) is 0 Å². The number of nitrogens with zero attached hydrogens (tertiary/aromatic N) is 2. The monoisotopic (exact) mass is 273 g/mol. The van der Waals surface area contributed by atoms with Crippen molar-refractivity contribution in [3.63, 3.8) is 0 Å². The van der Waals surface area contributed by atoms with Gasteiger partial charge in [0.1, 0.15) is 0 Å². The lowest BCUT2D eigenvalue weighted by molar-refractivity contribution is 0.415. The third kappa shape index (κ3) is 2.15. The number of rotatable bonds is 4. The minimum Gasteiger partial charge on any atom is -0.419 e. The molecule has 19 heavy (non-hydrogen) atoms. The largest absolute Gasteiger partial charge is 0.419 e. The average molecular weight is 273 g/mol. The second-order valence-corrected chi connectivity index (χ2v) is 5.25. The van der Waals surface area contributed by atoms with Crippen molar-refractivity contribution in [3.05, 3.63) is 35.5 Å². The Bertz CT molecular complexity index is 685. The third-order valence-electron chi connectivity index (χ3n) is 3.21. The molecule has 0 saturated heterocycles. The zero-order chi connectivity index (χ0) is 13.2. The van der Waals surface area contributed by atoms with Crippen molar-refractivity contribution in [1.29, 1.82) is 0 Å². The van der Waals surface area contributed by atoms with Gasteiger partial charge in [-0.05, 0) is 19.5 Å². The number of hydrogen-bond donors (Lipinski definition) is 1. The van der Waals surface area contributed by atoms with Gasteiger partial charge in [0.05, 0.1) is 11.6 Å². The predicted octanol–water partition coefficient (Wildman–Crippen LogP) is 3.62. The maximum absolute atomic E-state index is 5.80. The Hall–Kier alpha value is -1.72. The third-order valence-corrected chi connectivity index (χ3v) is 4.17. The quantitative estimate of drug-likeness (QED) is 0.788. The molecular weight excluding hydrogens is 258 g/mol. The van der Waals surface area contributed by atoms with Crippen LogP contribution in [0.15, 0.2) is 34.1 Å². The van der Waals surface area contributed by atoms with E-state index in [1.807, 2.05) is 19.2 Å². The van der Waals surface area contributed by atoms with Crippen molar-refractivity contribution in [2.75, 3.05) is 7.05 Å². The van der Waals surface area contributed by atoms with E-state index >= 15 is 0 Å². The van der Waals surface area contributed by atoms with Gasteiger partial charge in [0, 0.05) is 15.5 Å². The van der Waals surface area contributed by atoms with Gasteiger partial charge in [0.15, 0.2) is 0 Å². The van der Waals surface area contributed by atoms with Crippen LogP contribution in [0.3, 0.4) is 0 Å². The van der Waals surface area contributed by atoms with Crippen molar-refractivity contribution >= 4 is 21.4 Å². The van der Waals surface area contributed by atoms with Crippen molar-refractivity contribution in [3.8, 4) is 11.5 Å². The van der Waals surface area contributed by atoms with Crippen molar-refractivity contribution in [2.24, 2.45) is 0 Å². The molecule has 0 spiro atoms. The Labute approximate surface area is 115 Å². The van der Waals surface area contributed by atoms with Crippen molar-refractivity contribution < 1.29 is 4.42 Å². The molecule has 4 nitrogen and oxygen atoms in total. The summed E-state index contributed by atoms with van der Waals surface area (Å²) in [6.45, 7) is 2.09. The summed E-state index contributed by atoms with van der Waals surface area (Å²) in [4.78, 5) is 0. The maximum atomic E-state index is 5.80. The lowest BCUT2D eigenvalue weighted by atomic mass is 10.2. The zero-order valence-corrected chi connectivity index (χ0v) is 11.7. The second kappa shape index (κ2) is 5.11. The van der Waals surface area contributed by atoms with E-state index in [9.17, 15) is 0 Å². The highest BCUT2D eigenvalue weighted by Gasteiger charge is 2.17. The summed E-state index contributed by atoms with van der Waals surface area (Å²) in [6, 6.07) is 8.36. The van der Waals surface area contributed by atoms with Crippen LogP contribution in [0, 0.1) is 0 Å². The van der Waals surface area contributed by atoms with E-state index in [1.165, 1.54) is 10.1 Å². The molecule has 0 radical (unpaired) electrons. The molecule has 3 aromatic rings. The molecule has 2 aromatic heterocycles. The molecule has 2 heterocycles. The molecule has 1 aromatic carbocycles. The van der Waals surface area contributed by atoms with E-state index in [0.717, 1.165) is 12.0 Å². The van der Waals surface area contributed by atoms with Gasteiger partial charge in [-0.25, -0.2) is 0 Å². The molecule has 0 saturated carbocycles. The van der Waals surface area contributed by atoms with Crippen LogP contribution in [0.5, 0.6) is 0 Å². The summed E-state index contributed by atoms with van der Waals surface area (Å²) in [6.07, 6.45) is 0.919. The lowest BCUT2D eigenvalue weighted by Gasteiger charge is -2.06. The van der Waals surface area contributed by atoms with E-state index < -0.39 is 0 Å². The Balaban J connectivity index is 2.03. The molecule has 1 atom stereocenters. The van der Waals surface area contributed by atoms with Crippen LogP contribution in [-0.4, -0.2) is 17.2 Å². The standard InChI is InChI=1S/C14H15N3OS/c1-3-11(15-2)14-17-16-13(18-14)10-8-19-12-7-5-4-6-9(10)12/h4-8,11,15H,3H2,1-2H3. The highest BCUT2D eigenvalue weighted by molar-refractivity contribution is 7.17. The van der Waals surface area contributed by atoms with Crippen LogP contribution in [0.25, 0.3) is 21.5 Å². The van der Waals surface area contributed by atoms with Crippen molar-refractivity contribution in [1.82, 2.24) is 15.5 Å². The maximum Gasteiger partial charge on any atom is 0.249 e. The van der Waals surface area contributed by atoms with Gasteiger partial charge in [0.25, 0.3) is 0 Å². The topological polar surface area (TPSA) is 51.0 Å². The summed E-state index contributed by atoms with van der Waals surface area (Å²) < 4.78 is 7.04. The van der Waals surface area contributed by atoms with Gasteiger partial charge >= 0.3 is 0 Å². The molecule has 0 aliphatic heterocycles. The van der Waals surface area contributed by atoms with E-state index in [2.05, 4.69) is 40.0 Å². The highest BCUT2D eigenvalue weighted by atomic mass is 32.1. The average Bonchev–Trinajstić information content (AvgIpc) is 3.06. The molecule has 5 heteroatoms. The van der Waals surface area contributed by atoms with E-state index in [-0.39, 0.29) is 6.04 Å². The zero-order valence-electron chi connectivity index (χ0n) is 10.9. The molecule has 0 bridgehead atoms. The first kappa shape index (κ1) is 12.3. The molecule has 98 valence electrons. The van der Waals surface area contributed by atoms with Gasteiger partial charge in [-0.1, -0.05) is 25.1 Å². The lowest BCUT2D eigenvalue weighted by Crippen LogP contribution is -2.15. The first-order chi connectivity index (χ1) is 9.33. The molecular formula is C14H15N3OS. The van der Waals surface area contributed by atoms with E-state index in [4.69, 9.17) is 4.42 Å². The number of benzene rings is 1. The van der Waals surface area contributed by atoms with Crippen molar-refractivity contribution in [2.45, 2.75) is 19.4 Å². The summed E-state index contributed by atoms with van der Waals surface area (Å²) in [7, 11) is 1.90. The van der Waals surface area contributed by atoms with Crippen LogP contribution >= 0.6 is 11.3 Å². The van der Waals surface area contributed by atoms with Gasteiger partial charge in [0.2, 0.25) is 11.8 Å². The number of hydrogen-bond acceptors (Lipinski definition) is 5. The molecule has 0 fully saturated rings. The first-order valence-electron chi connectivity index (χ1n) is 6.30. The molecule has 3 rings (SSSR count). The number of nitrogens with one attached hydrogen (secondary N) is 1. The highest BCUT2D eigenvalue weighted by Crippen LogP contribution is 2.33. The smallest absolute Gasteiger partial charge is 0.249 e. The van der Waals surface area contributed by atoms with Gasteiger partial charge in [-0.2, -0.15) is 0 Å². The fourth-order valence-electron chi connectivity index (χ4n) is 2.13. The van der Waals surface area contributed by atoms with Crippen LogP contribution in [-0.2, 0) is 0 Å². The Morgan fingerprint density at radius 3 is 2.95 bits per heavy atom. The van der Waals surface area contributed by atoms with Crippen LogP contribution in [0.1, 0.15) is 25.3 Å². The number of aromatic nitrogens is 2. The van der Waals surface area contributed by atoms with Gasteiger partial charge in [-0.3, -0.25) is 0 Å². The molecule has 0 aliphatic rings. The molecule has 0 aliphatic carbocycles. The number of fused-ring (bicyclic) bond motifs is 1. The minimum atomic E-state index is 0.117. The Morgan fingerprint density at radius 2 is 2.16 bits per heavy atom. The normalized spacial score (nSPS) is 12.9. The Morgan fingerprint density at radius 1 is 1.32 bits per heavy atom. The fourth-order valence-corrected chi connectivity index (χ4v) is 3.06. The molecule has 0 amide bonds. The van der Waals surface area contributed by atoms with E-state index in [0.29, 0.717) is 11.8 Å². The second-order valence-electron chi connectivity index (χ2n) is 4.34. The fraction of sp³-hybridized carbons (Fsp3) is 0.286.